The first-order valence-electron chi connectivity index (χ1n) is 10.8. The van der Waals surface area contributed by atoms with Crippen LogP contribution in [0.3, 0.4) is 0 Å². The van der Waals surface area contributed by atoms with Crippen LogP contribution in [0.5, 0.6) is 17.4 Å². The molecule has 2 aromatic carbocycles. The van der Waals surface area contributed by atoms with Gasteiger partial charge in [0, 0.05) is 18.0 Å². The molecule has 1 saturated heterocycles. The highest BCUT2D eigenvalue weighted by molar-refractivity contribution is 8.18. The molecule has 11 nitrogen and oxygen atoms in total. The number of aromatic nitrogens is 1. The van der Waals surface area contributed by atoms with Crippen molar-refractivity contribution >= 4 is 46.3 Å². The molecule has 0 saturated carbocycles. The molecule has 0 radical (unpaired) electrons. The number of nitrogens with one attached hydrogen (secondary N) is 1. The third-order valence-electron chi connectivity index (χ3n) is 5.15. The summed E-state index contributed by atoms with van der Waals surface area (Å²) in [5.41, 5.74) is 1.79. The molecule has 1 aromatic heterocycles. The van der Waals surface area contributed by atoms with Gasteiger partial charge >= 0.3 is 5.69 Å². The Hall–Kier alpha value is -4.71. The molecule has 3 amide bonds. The van der Waals surface area contributed by atoms with Gasteiger partial charge in [-0.15, -0.1) is 0 Å². The summed E-state index contributed by atoms with van der Waals surface area (Å²) in [5.74, 6) is -0.909. The molecule has 0 unspecified atom stereocenters. The number of methoxy groups -OCH3 is 1. The zero-order valence-corrected chi connectivity index (χ0v) is 20.5. The zero-order chi connectivity index (χ0) is 26.5. The minimum atomic E-state index is -0.611. The molecule has 3 aromatic rings. The zero-order valence-electron chi connectivity index (χ0n) is 19.7. The smallest absolute Gasteiger partial charge is 0.331 e. The number of nitrogens with zero attached hydrogens (tertiary/aromatic N) is 3. The van der Waals surface area contributed by atoms with Crippen molar-refractivity contribution in [2.45, 2.75) is 6.92 Å². The van der Waals surface area contributed by atoms with Gasteiger partial charge in [0.25, 0.3) is 17.0 Å². The Morgan fingerprint density at radius 2 is 1.92 bits per heavy atom. The van der Waals surface area contributed by atoms with Gasteiger partial charge in [-0.3, -0.25) is 29.4 Å². The average Bonchev–Trinajstić information content (AvgIpc) is 3.13. The van der Waals surface area contributed by atoms with Gasteiger partial charge in [0.1, 0.15) is 6.54 Å². The van der Waals surface area contributed by atoms with Crippen LogP contribution >= 0.6 is 11.8 Å². The number of rotatable bonds is 8. The van der Waals surface area contributed by atoms with Crippen LogP contribution in [0.4, 0.5) is 16.2 Å². The van der Waals surface area contributed by atoms with E-state index in [9.17, 15) is 24.5 Å². The predicted octanol–water partition coefficient (Wildman–Crippen LogP) is 4.77. The van der Waals surface area contributed by atoms with Crippen LogP contribution in [0.1, 0.15) is 11.1 Å². The number of carbonyl (C=O) groups is 3. The summed E-state index contributed by atoms with van der Waals surface area (Å²) in [7, 11) is 1.39. The van der Waals surface area contributed by atoms with Gasteiger partial charge in [0.05, 0.1) is 16.9 Å². The van der Waals surface area contributed by atoms with Gasteiger partial charge in [-0.1, -0.05) is 23.8 Å². The number of hydrogen-bond donors (Lipinski definition) is 1. The highest BCUT2D eigenvalue weighted by Gasteiger charge is 2.36. The Balaban J connectivity index is 1.48. The van der Waals surface area contributed by atoms with Crippen molar-refractivity contribution in [3.8, 4) is 17.4 Å². The van der Waals surface area contributed by atoms with Crippen molar-refractivity contribution in [2.75, 3.05) is 19.0 Å². The molecule has 2 heterocycles. The molecule has 1 aliphatic rings. The second kappa shape index (κ2) is 10.9. The molecule has 0 atom stereocenters. The summed E-state index contributed by atoms with van der Waals surface area (Å²) in [6.07, 6.45) is 2.85. The fraction of sp³-hybridized carbons (Fsp3) is 0.120. The van der Waals surface area contributed by atoms with Crippen LogP contribution in [0.2, 0.25) is 0 Å². The van der Waals surface area contributed by atoms with Crippen LogP contribution in [-0.4, -0.2) is 45.5 Å². The van der Waals surface area contributed by atoms with Gasteiger partial charge in [-0.05, 0) is 60.7 Å². The number of pyridine rings is 1. The number of amides is 3. The number of carbonyl (C=O) groups excluding carboxylic acids is 3. The summed E-state index contributed by atoms with van der Waals surface area (Å²) in [5, 5.41) is 13.3. The van der Waals surface area contributed by atoms with E-state index in [2.05, 4.69) is 10.3 Å². The molecule has 1 N–H and O–H groups in total. The van der Waals surface area contributed by atoms with Crippen molar-refractivity contribution in [3.63, 3.8) is 0 Å². The molecule has 37 heavy (non-hydrogen) atoms. The van der Waals surface area contributed by atoms with E-state index in [1.54, 1.807) is 24.3 Å². The molecule has 0 bridgehead atoms. The monoisotopic (exact) mass is 520 g/mol. The lowest BCUT2D eigenvalue weighted by Crippen LogP contribution is -2.36. The maximum atomic E-state index is 12.8. The van der Waals surface area contributed by atoms with E-state index in [-0.39, 0.29) is 28.0 Å². The van der Waals surface area contributed by atoms with Gasteiger partial charge in [0.15, 0.2) is 11.5 Å². The summed E-state index contributed by atoms with van der Waals surface area (Å²) in [6.45, 7) is 1.50. The van der Waals surface area contributed by atoms with E-state index in [0.717, 1.165) is 10.5 Å². The molecule has 188 valence electrons. The number of anilines is 1. The number of hydrogen-bond acceptors (Lipinski definition) is 9. The van der Waals surface area contributed by atoms with E-state index in [4.69, 9.17) is 9.47 Å². The maximum Gasteiger partial charge on any atom is 0.331 e. The van der Waals surface area contributed by atoms with Crippen LogP contribution in [0, 0.1) is 17.0 Å². The molecule has 0 aliphatic carbocycles. The Kier molecular flexibility index (Phi) is 7.49. The minimum absolute atomic E-state index is 0.129. The quantitative estimate of drug-likeness (QED) is 0.252. The van der Waals surface area contributed by atoms with E-state index in [0.29, 0.717) is 23.0 Å². The summed E-state index contributed by atoms with van der Waals surface area (Å²) < 4.78 is 10.9. The Morgan fingerprint density at radius 3 is 2.62 bits per heavy atom. The fourth-order valence-corrected chi connectivity index (χ4v) is 4.17. The Morgan fingerprint density at radius 1 is 1.16 bits per heavy atom. The van der Waals surface area contributed by atoms with Gasteiger partial charge in [-0.2, -0.15) is 0 Å². The topological polar surface area (TPSA) is 141 Å². The van der Waals surface area contributed by atoms with Crippen LogP contribution in [0.15, 0.2) is 65.7 Å². The lowest BCUT2D eigenvalue weighted by molar-refractivity contribution is -0.386. The second-order valence-corrected chi connectivity index (χ2v) is 8.77. The van der Waals surface area contributed by atoms with E-state index in [1.165, 1.54) is 37.6 Å². The lowest BCUT2D eigenvalue weighted by Gasteiger charge is -2.12. The fourth-order valence-electron chi connectivity index (χ4n) is 3.33. The SMILES string of the molecule is COc1cc(/C=C2\SC(=O)N(CC(=O)Nc3ccc(C)cc3)C2=O)ccc1Oc1ncccc1[N+](=O)[O-]. The third-order valence-corrected chi connectivity index (χ3v) is 6.06. The predicted molar refractivity (Wildman–Crippen MR) is 136 cm³/mol. The Bertz CT molecular complexity index is 1420. The first-order chi connectivity index (χ1) is 17.7. The number of benzene rings is 2. The summed E-state index contributed by atoms with van der Waals surface area (Å²) in [4.78, 5) is 53.1. The average molecular weight is 521 g/mol. The number of nitro groups is 1. The van der Waals surface area contributed by atoms with Gasteiger partial charge in [0.2, 0.25) is 5.91 Å². The number of thioether (sulfide) groups is 1. The molecule has 4 rings (SSSR count). The highest BCUT2D eigenvalue weighted by atomic mass is 32.2. The van der Waals surface area contributed by atoms with E-state index >= 15 is 0 Å². The number of imide groups is 1. The first kappa shape index (κ1) is 25.4. The Labute approximate surface area is 215 Å². The lowest BCUT2D eigenvalue weighted by atomic mass is 10.2. The van der Waals surface area contributed by atoms with Crippen molar-refractivity contribution < 1.29 is 28.8 Å². The molecule has 1 aliphatic heterocycles. The maximum absolute atomic E-state index is 12.8. The van der Waals surface area contributed by atoms with Crippen molar-refractivity contribution in [1.29, 1.82) is 0 Å². The van der Waals surface area contributed by atoms with Crippen LogP contribution in [-0.2, 0) is 9.59 Å². The summed E-state index contributed by atoms with van der Waals surface area (Å²) in [6, 6.07) is 14.4. The first-order valence-corrected chi connectivity index (χ1v) is 11.6. The van der Waals surface area contributed by atoms with Crippen molar-refractivity contribution in [1.82, 2.24) is 9.88 Å². The van der Waals surface area contributed by atoms with Crippen molar-refractivity contribution in [2.24, 2.45) is 0 Å². The van der Waals surface area contributed by atoms with Gasteiger partial charge < -0.3 is 14.8 Å². The second-order valence-electron chi connectivity index (χ2n) is 7.78. The molecular weight excluding hydrogens is 500 g/mol. The molecule has 12 heteroatoms. The molecule has 0 spiro atoms. The summed E-state index contributed by atoms with van der Waals surface area (Å²) >= 11 is 0.714. The third kappa shape index (κ3) is 5.93. The highest BCUT2D eigenvalue weighted by Crippen LogP contribution is 2.37. The van der Waals surface area contributed by atoms with Crippen LogP contribution in [0.25, 0.3) is 6.08 Å². The largest absolute Gasteiger partial charge is 0.493 e. The normalized spacial score (nSPS) is 14.1. The number of ether oxygens (including phenoxy) is 2. The number of aryl methyl sites for hydroxylation is 1. The van der Waals surface area contributed by atoms with Crippen LogP contribution < -0.4 is 14.8 Å². The molecule has 1 fully saturated rings. The minimum Gasteiger partial charge on any atom is -0.493 e. The molecular formula is C25H20N4O7S. The van der Waals surface area contributed by atoms with E-state index < -0.39 is 28.5 Å². The van der Waals surface area contributed by atoms with E-state index in [1.807, 2.05) is 19.1 Å². The standard InChI is InChI=1S/C25H20N4O7S/c1-15-5-8-17(9-6-15)27-22(30)14-28-24(31)21(37-25(28)32)13-16-7-10-19(20(12-16)35-2)36-23-18(29(33)34)4-3-11-26-23/h3-13H,14H2,1-2H3,(H,27,30)/b21-13-. The van der Waals surface area contributed by atoms with Crippen molar-refractivity contribution in [3.05, 3.63) is 86.9 Å². The van der Waals surface area contributed by atoms with Gasteiger partial charge in [-0.25, -0.2) is 4.98 Å².